The monoisotopic (exact) mass is 424 g/mol. The van der Waals surface area contributed by atoms with Crippen molar-refractivity contribution >= 4 is 11.9 Å². The van der Waals surface area contributed by atoms with E-state index in [9.17, 15) is 4.79 Å². The van der Waals surface area contributed by atoms with Crippen LogP contribution in [0, 0.1) is 5.92 Å². The van der Waals surface area contributed by atoms with Crippen molar-refractivity contribution in [3.8, 4) is 5.69 Å². The summed E-state index contributed by atoms with van der Waals surface area (Å²) < 4.78 is 1.85. The number of guanidine groups is 1. The molecule has 2 heterocycles. The van der Waals surface area contributed by atoms with Gasteiger partial charge in [-0.2, -0.15) is 5.10 Å². The van der Waals surface area contributed by atoms with Gasteiger partial charge in [0.1, 0.15) is 0 Å². The Morgan fingerprint density at radius 1 is 1.19 bits per heavy atom. The summed E-state index contributed by atoms with van der Waals surface area (Å²) in [7, 11) is 0. The second kappa shape index (κ2) is 11.5. The average molecular weight is 425 g/mol. The number of aliphatic imine (C=N–C) groups is 1. The van der Waals surface area contributed by atoms with Crippen LogP contribution in [-0.4, -0.2) is 52.2 Å². The Kier molecular flexibility index (Phi) is 8.50. The van der Waals surface area contributed by atoms with Crippen LogP contribution in [0.3, 0.4) is 0 Å². The summed E-state index contributed by atoms with van der Waals surface area (Å²) in [5.41, 5.74) is 2.17. The third-order valence-corrected chi connectivity index (χ3v) is 5.93. The maximum absolute atomic E-state index is 12.6. The molecule has 2 aromatic rings. The predicted molar refractivity (Wildman–Crippen MR) is 125 cm³/mol. The van der Waals surface area contributed by atoms with E-state index in [0.29, 0.717) is 18.5 Å². The standard InChI is InChI=1S/C24H36N6O/c1-4-20(5-2)23(31)29-15-11-21(12-16-29)28-24(25-6-3)26-18-19-9-7-10-22(17-19)30-14-8-13-27-30/h7-10,13-14,17,20-21H,4-6,11-12,15-16,18H2,1-3H3,(H2,25,26,28). The molecule has 7 nitrogen and oxygen atoms in total. The van der Waals surface area contributed by atoms with Crippen molar-refractivity contribution in [2.24, 2.45) is 10.9 Å². The number of nitrogens with one attached hydrogen (secondary N) is 2. The first-order chi connectivity index (χ1) is 15.1. The molecule has 7 heteroatoms. The Bertz CT molecular complexity index is 836. The minimum atomic E-state index is 0.167. The zero-order chi connectivity index (χ0) is 22.1. The summed E-state index contributed by atoms with van der Waals surface area (Å²) in [4.78, 5) is 19.5. The molecule has 1 saturated heterocycles. The number of hydrogen-bond donors (Lipinski definition) is 2. The number of rotatable bonds is 8. The molecule has 1 fully saturated rings. The molecular weight excluding hydrogens is 388 g/mol. The number of amides is 1. The van der Waals surface area contributed by atoms with Crippen LogP contribution in [0.1, 0.15) is 52.0 Å². The molecule has 0 atom stereocenters. The van der Waals surface area contributed by atoms with E-state index in [4.69, 9.17) is 4.99 Å². The second-order valence-corrected chi connectivity index (χ2v) is 8.07. The average Bonchev–Trinajstić information content (AvgIpc) is 3.34. The van der Waals surface area contributed by atoms with Crippen LogP contribution in [-0.2, 0) is 11.3 Å². The van der Waals surface area contributed by atoms with E-state index >= 15 is 0 Å². The highest BCUT2D eigenvalue weighted by Crippen LogP contribution is 2.17. The van der Waals surface area contributed by atoms with Crippen LogP contribution in [0.2, 0.25) is 0 Å². The first-order valence-corrected chi connectivity index (χ1v) is 11.6. The van der Waals surface area contributed by atoms with Crippen molar-refractivity contribution < 1.29 is 4.79 Å². The lowest BCUT2D eigenvalue weighted by atomic mass is 9.98. The first-order valence-electron chi connectivity index (χ1n) is 11.6. The predicted octanol–water partition coefficient (Wildman–Crippen LogP) is 3.35. The van der Waals surface area contributed by atoms with E-state index in [2.05, 4.69) is 48.6 Å². The van der Waals surface area contributed by atoms with Gasteiger partial charge in [-0.25, -0.2) is 9.67 Å². The third-order valence-electron chi connectivity index (χ3n) is 5.93. The molecule has 0 unspecified atom stereocenters. The van der Waals surface area contributed by atoms with Crippen LogP contribution in [0.4, 0.5) is 0 Å². The normalized spacial score (nSPS) is 15.4. The lowest BCUT2D eigenvalue weighted by Gasteiger charge is -2.34. The number of piperidine rings is 1. The lowest BCUT2D eigenvalue weighted by molar-refractivity contribution is -0.136. The SMILES string of the molecule is CCNC(=NCc1cccc(-n2cccn2)c1)NC1CCN(C(=O)C(CC)CC)CC1. The van der Waals surface area contributed by atoms with E-state index in [1.165, 1.54) is 0 Å². The summed E-state index contributed by atoms with van der Waals surface area (Å²) in [5, 5.41) is 11.2. The van der Waals surface area contributed by atoms with Gasteiger partial charge < -0.3 is 15.5 Å². The maximum atomic E-state index is 12.6. The van der Waals surface area contributed by atoms with Crippen molar-refractivity contribution in [2.75, 3.05) is 19.6 Å². The highest BCUT2D eigenvalue weighted by molar-refractivity contribution is 5.80. The van der Waals surface area contributed by atoms with E-state index in [1.54, 1.807) is 6.20 Å². The van der Waals surface area contributed by atoms with Crippen LogP contribution >= 0.6 is 0 Å². The molecule has 1 aromatic carbocycles. The number of likely N-dealkylation sites (tertiary alicyclic amines) is 1. The van der Waals surface area contributed by atoms with Gasteiger partial charge in [0.25, 0.3) is 0 Å². The summed E-state index contributed by atoms with van der Waals surface area (Å²) in [6.45, 7) is 9.32. The quantitative estimate of drug-likeness (QED) is 0.503. The van der Waals surface area contributed by atoms with Crippen molar-refractivity contribution in [3.05, 3.63) is 48.3 Å². The van der Waals surface area contributed by atoms with Gasteiger partial charge >= 0.3 is 0 Å². The van der Waals surface area contributed by atoms with E-state index in [0.717, 1.165) is 62.5 Å². The molecule has 168 valence electrons. The number of nitrogens with zero attached hydrogens (tertiary/aromatic N) is 4. The second-order valence-electron chi connectivity index (χ2n) is 8.07. The van der Waals surface area contributed by atoms with E-state index in [1.807, 2.05) is 34.0 Å². The van der Waals surface area contributed by atoms with E-state index in [-0.39, 0.29) is 5.92 Å². The molecule has 1 aliphatic rings. The zero-order valence-corrected chi connectivity index (χ0v) is 19.1. The fourth-order valence-corrected chi connectivity index (χ4v) is 4.04. The zero-order valence-electron chi connectivity index (χ0n) is 19.1. The van der Waals surface area contributed by atoms with Crippen molar-refractivity contribution in [1.82, 2.24) is 25.3 Å². The topological polar surface area (TPSA) is 74.6 Å². The summed E-state index contributed by atoms with van der Waals surface area (Å²) in [5.74, 6) is 1.32. The molecule has 0 bridgehead atoms. The van der Waals surface area contributed by atoms with Crippen molar-refractivity contribution in [3.63, 3.8) is 0 Å². The molecule has 31 heavy (non-hydrogen) atoms. The number of carbonyl (C=O) groups excluding carboxylic acids is 1. The molecule has 3 rings (SSSR count). The summed E-state index contributed by atoms with van der Waals surface area (Å²) >= 11 is 0. The molecule has 0 saturated carbocycles. The van der Waals surface area contributed by atoms with E-state index < -0.39 is 0 Å². The molecular formula is C24H36N6O. The highest BCUT2D eigenvalue weighted by Gasteiger charge is 2.26. The molecule has 2 N–H and O–H groups in total. The third kappa shape index (κ3) is 6.32. The fourth-order valence-electron chi connectivity index (χ4n) is 4.04. The molecule has 1 aliphatic heterocycles. The van der Waals surface area contributed by atoms with Gasteiger partial charge in [0.2, 0.25) is 5.91 Å². The minimum Gasteiger partial charge on any atom is -0.357 e. The largest absolute Gasteiger partial charge is 0.357 e. The van der Waals surface area contributed by atoms with Gasteiger partial charge in [-0.3, -0.25) is 4.79 Å². The molecule has 1 aromatic heterocycles. The Balaban J connectivity index is 1.56. The molecule has 0 aliphatic carbocycles. The number of hydrogen-bond acceptors (Lipinski definition) is 3. The van der Waals surface area contributed by atoms with Crippen LogP contribution < -0.4 is 10.6 Å². The van der Waals surface area contributed by atoms with Crippen LogP contribution in [0.25, 0.3) is 5.69 Å². The van der Waals surface area contributed by atoms with Gasteiger partial charge in [-0.1, -0.05) is 26.0 Å². The Morgan fingerprint density at radius 3 is 2.61 bits per heavy atom. The van der Waals surface area contributed by atoms with Crippen molar-refractivity contribution in [1.29, 1.82) is 0 Å². The fraction of sp³-hybridized carbons (Fsp3) is 0.542. The van der Waals surface area contributed by atoms with Crippen molar-refractivity contribution in [2.45, 2.75) is 59.0 Å². The van der Waals surface area contributed by atoms with Gasteiger partial charge in [0.05, 0.1) is 12.2 Å². The summed E-state index contributed by atoms with van der Waals surface area (Å²) in [6.07, 6.45) is 7.46. The first kappa shape index (κ1) is 22.8. The van der Waals surface area contributed by atoms with Gasteiger partial charge in [0.15, 0.2) is 5.96 Å². The number of benzene rings is 1. The van der Waals surface area contributed by atoms with Crippen LogP contribution in [0.5, 0.6) is 0 Å². The van der Waals surface area contributed by atoms with Gasteiger partial charge in [0, 0.05) is 44.0 Å². The maximum Gasteiger partial charge on any atom is 0.225 e. The number of carbonyl (C=O) groups is 1. The van der Waals surface area contributed by atoms with Gasteiger partial charge in [-0.05, 0) is 56.4 Å². The number of aromatic nitrogens is 2. The van der Waals surface area contributed by atoms with Gasteiger partial charge in [-0.15, -0.1) is 0 Å². The smallest absolute Gasteiger partial charge is 0.225 e. The molecule has 0 radical (unpaired) electrons. The Labute approximate surface area is 185 Å². The summed E-state index contributed by atoms with van der Waals surface area (Å²) in [6, 6.07) is 10.5. The molecule has 0 spiro atoms. The van der Waals surface area contributed by atoms with Crippen LogP contribution in [0.15, 0.2) is 47.7 Å². The minimum absolute atomic E-state index is 0.167. The Hall–Kier alpha value is -2.83. The lowest BCUT2D eigenvalue weighted by Crippen LogP contribution is -2.50. The molecule has 1 amide bonds. The highest BCUT2D eigenvalue weighted by atomic mass is 16.2. The Morgan fingerprint density at radius 2 is 1.97 bits per heavy atom.